The van der Waals surface area contributed by atoms with E-state index in [0.717, 1.165) is 0 Å². The molecule has 0 radical (unpaired) electrons. The summed E-state index contributed by atoms with van der Waals surface area (Å²) in [6.45, 7) is -1.02. The average Bonchev–Trinajstić information content (AvgIpc) is 3.01. The number of rotatable bonds is 14. The van der Waals surface area contributed by atoms with Gasteiger partial charge in [0, 0.05) is 30.4 Å². The summed E-state index contributed by atoms with van der Waals surface area (Å²) in [5.74, 6) is 0. The molecule has 0 aliphatic heterocycles. The van der Waals surface area contributed by atoms with Gasteiger partial charge >= 0.3 is 6.16 Å². The largest absolute Gasteiger partial charge is 0.508 e. The third-order valence-corrected chi connectivity index (χ3v) is 11.4. The maximum absolute atomic E-state index is 13.2. The number of sulfonamides is 2. The summed E-state index contributed by atoms with van der Waals surface area (Å²) in [7, 11) is -8.19. The van der Waals surface area contributed by atoms with E-state index in [9.17, 15) is 21.6 Å². The van der Waals surface area contributed by atoms with Crippen LogP contribution in [0.2, 0.25) is 10.0 Å². The van der Waals surface area contributed by atoms with Crippen molar-refractivity contribution in [3.05, 3.63) is 116 Å². The highest BCUT2D eigenvalue weighted by molar-refractivity contribution is 9.10. The quantitative estimate of drug-likeness (QED) is 0.0794. The number of carbonyl (C=O) groups is 1. The summed E-state index contributed by atoms with van der Waals surface area (Å²) in [6.07, 6.45) is -3.49. The molecule has 0 saturated heterocycles. The van der Waals surface area contributed by atoms with Gasteiger partial charge in [-0.25, -0.2) is 21.6 Å². The molecule has 4 aromatic rings. The Kier molecular flexibility index (Phi) is 12.7. The summed E-state index contributed by atoms with van der Waals surface area (Å²) in [5, 5.41) is 6.83. The standard InChI is InChI=1S/C29H26Br2Cl2N4O7S2/c30-23-5-1-3-7-25(23)45(39,40)36-27(34-21-13-9-19(32)10-14-21)17-43-29(38)44-18-28(35-22-15-11-20(33)12-16-22)37-46(41,42)26-8-4-2-6-24(26)31/h1-16,27-28,34-37H,17-18H2. The predicted octanol–water partition coefficient (Wildman–Crippen LogP) is 6.80. The number of hydrogen-bond donors (Lipinski definition) is 4. The van der Waals surface area contributed by atoms with Gasteiger partial charge in [0.05, 0.1) is 9.79 Å². The van der Waals surface area contributed by atoms with Gasteiger partial charge in [-0.15, -0.1) is 0 Å². The van der Waals surface area contributed by atoms with Gasteiger partial charge in [-0.3, -0.25) is 0 Å². The molecule has 244 valence electrons. The molecule has 17 heteroatoms. The Morgan fingerprint density at radius 1 is 0.609 bits per heavy atom. The molecule has 0 aliphatic rings. The van der Waals surface area contributed by atoms with E-state index < -0.39 is 51.7 Å². The number of ether oxygens (including phenoxy) is 2. The van der Waals surface area contributed by atoms with Gasteiger partial charge in [0.1, 0.15) is 25.5 Å². The summed E-state index contributed by atoms with van der Waals surface area (Å²) in [4.78, 5) is 12.7. The van der Waals surface area contributed by atoms with E-state index in [1.807, 2.05) is 0 Å². The number of halogens is 4. The van der Waals surface area contributed by atoms with Crippen LogP contribution in [0.25, 0.3) is 0 Å². The van der Waals surface area contributed by atoms with Crippen molar-refractivity contribution in [3.63, 3.8) is 0 Å². The SMILES string of the molecule is O=C(OCC(Nc1ccc(Cl)cc1)NS(=O)(=O)c1ccccc1Br)OCC(Nc1ccc(Cl)cc1)NS(=O)(=O)c1ccccc1Br. The van der Waals surface area contributed by atoms with E-state index in [1.54, 1.807) is 84.9 Å². The van der Waals surface area contributed by atoms with Crippen LogP contribution in [0.5, 0.6) is 0 Å². The van der Waals surface area contributed by atoms with Crippen molar-refractivity contribution < 1.29 is 31.1 Å². The van der Waals surface area contributed by atoms with Crippen molar-refractivity contribution in [1.29, 1.82) is 0 Å². The molecule has 0 aliphatic carbocycles. The van der Waals surface area contributed by atoms with Crippen LogP contribution in [0.4, 0.5) is 16.2 Å². The molecule has 0 aromatic heterocycles. The lowest BCUT2D eigenvalue weighted by Crippen LogP contribution is -2.45. The molecule has 2 unspecified atom stereocenters. The zero-order valence-corrected chi connectivity index (χ0v) is 29.8. The van der Waals surface area contributed by atoms with Crippen molar-refractivity contribution in [3.8, 4) is 0 Å². The molecule has 46 heavy (non-hydrogen) atoms. The highest BCUT2D eigenvalue weighted by atomic mass is 79.9. The minimum Gasteiger partial charge on any atom is -0.431 e. The number of anilines is 2. The molecule has 2 atom stereocenters. The molecule has 0 fully saturated rings. The maximum atomic E-state index is 13.2. The van der Waals surface area contributed by atoms with Crippen molar-refractivity contribution in [2.75, 3.05) is 23.8 Å². The van der Waals surface area contributed by atoms with Crippen molar-refractivity contribution >= 4 is 92.6 Å². The van der Waals surface area contributed by atoms with E-state index in [1.165, 1.54) is 12.1 Å². The fourth-order valence-corrected chi connectivity index (χ4v) is 8.40. The first kappa shape index (κ1) is 36.0. The normalized spacial score (nSPS) is 13.0. The van der Waals surface area contributed by atoms with Crippen molar-refractivity contribution in [1.82, 2.24) is 9.44 Å². The molecule has 4 aromatic carbocycles. The first-order valence-electron chi connectivity index (χ1n) is 13.2. The summed E-state index contributed by atoms with van der Waals surface area (Å²) in [6, 6.07) is 25.3. The third-order valence-electron chi connectivity index (χ3n) is 5.95. The second kappa shape index (κ2) is 16.3. The van der Waals surface area contributed by atoms with Gasteiger partial charge in [0.25, 0.3) is 0 Å². The average molecular weight is 837 g/mol. The Bertz CT molecular complexity index is 1730. The molecule has 0 amide bonds. The lowest BCUT2D eigenvalue weighted by Gasteiger charge is -2.23. The monoisotopic (exact) mass is 834 g/mol. The van der Waals surface area contributed by atoms with Gasteiger partial charge in [-0.05, 0) is 105 Å². The number of nitrogens with one attached hydrogen (secondary N) is 4. The second-order valence-corrected chi connectivity index (χ2v) is 15.3. The fourth-order valence-electron chi connectivity index (χ4n) is 3.88. The first-order valence-corrected chi connectivity index (χ1v) is 18.5. The van der Waals surface area contributed by atoms with E-state index in [-0.39, 0.29) is 9.79 Å². The van der Waals surface area contributed by atoms with Crippen LogP contribution in [-0.4, -0.2) is 48.5 Å². The third kappa shape index (κ3) is 10.6. The van der Waals surface area contributed by atoms with Crippen molar-refractivity contribution in [2.45, 2.75) is 22.1 Å². The van der Waals surface area contributed by atoms with Gasteiger partial charge < -0.3 is 20.1 Å². The minimum absolute atomic E-state index is 0.0334. The zero-order valence-electron chi connectivity index (χ0n) is 23.5. The van der Waals surface area contributed by atoms with Crippen LogP contribution in [0, 0.1) is 0 Å². The second-order valence-electron chi connectivity index (χ2n) is 9.38. The van der Waals surface area contributed by atoms with Crippen LogP contribution < -0.4 is 20.1 Å². The Labute approximate surface area is 293 Å². The van der Waals surface area contributed by atoms with Crippen LogP contribution in [-0.2, 0) is 29.5 Å². The molecule has 4 rings (SSSR count). The summed E-state index contributed by atoms with van der Waals surface area (Å²) < 4.78 is 68.8. The molecular formula is C29H26Br2Cl2N4O7S2. The molecular weight excluding hydrogens is 811 g/mol. The van der Waals surface area contributed by atoms with Gasteiger partial charge in [0.15, 0.2) is 0 Å². The molecule has 0 spiro atoms. The Balaban J connectivity index is 1.46. The Morgan fingerprint density at radius 2 is 0.957 bits per heavy atom. The molecule has 4 N–H and O–H groups in total. The van der Waals surface area contributed by atoms with Crippen LogP contribution in [0.3, 0.4) is 0 Å². The molecule has 0 saturated carbocycles. The van der Waals surface area contributed by atoms with Crippen molar-refractivity contribution in [2.24, 2.45) is 0 Å². The number of carbonyl (C=O) groups excluding carboxylic acids is 1. The predicted molar refractivity (Wildman–Crippen MR) is 184 cm³/mol. The maximum Gasteiger partial charge on any atom is 0.508 e. The first-order chi connectivity index (χ1) is 21.8. The van der Waals surface area contributed by atoms with E-state index >= 15 is 0 Å². The number of hydrogen-bond acceptors (Lipinski definition) is 9. The minimum atomic E-state index is -4.10. The molecule has 0 bridgehead atoms. The smallest absolute Gasteiger partial charge is 0.431 e. The van der Waals surface area contributed by atoms with Crippen LogP contribution in [0.1, 0.15) is 0 Å². The summed E-state index contributed by atoms with van der Waals surface area (Å²) in [5.41, 5.74) is 0.963. The van der Waals surface area contributed by atoms with Gasteiger partial charge in [-0.1, -0.05) is 47.5 Å². The topological polar surface area (TPSA) is 152 Å². The van der Waals surface area contributed by atoms with E-state index in [0.29, 0.717) is 30.4 Å². The van der Waals surface area contributed by atoms with Gasteiger partial charge in [0.2, 0.25) is 20.0 Å². The van der Waals surface area contributed by atoms with Gasteiger partial charge in [-0.2, -0.15) is 9.44 Å². The highest BCUT2D eigenvalue weighted by Gasteiger charge is 2.26. The lowest BCUT2D eigenvalue weighted by molar-refractivity contribution is 0.0485. The van der Waals surface area contributed by atoms with Crippen LogP contribution in [0.15, 0.2) is 116 Å². The zero-order chi connectivity index (χ0) is 33.3. The van der Waals surface area contributed by atoms with E-state index in [4.69, 9.17) is 32.7 Å². The van der Waals surface area contributed by atoms with E-state index in [2.05, 4.69) is 51.9 Å². The fraction of sp³-hybridized carbons (Fsp3) is 0.138. The van der Waals surface area contributed by atoms with Crippen LogP contribution >= 0.6 is 55.1 Å². The lowest BCUT2D eigenvalue weighted by atomic mass is 10.3. The Hall–Kier alpha value is -2.89. The highest BCUT2D eigenvalue weighted by Crippen LogP contribution is 2.23. The molecule has 11 nitrogen and oxygen atoms in total. The number of benzene rings is 4. The summed E-state index contributed by atoms with van der Waals surface area (Å²) >= 11 is 18.4. The molecule has 0 heterocycles. The Morgan fingerprint density at radius 3 is 1.30 bits per heavy atom.